The number of hydrogen-bond acceptors (Lipinski definition) is 3. The minimum Gasteiger partial charge on any atom is -0.342 e. The van der Waals surface area contributed by atoms with Crippen LogP contribution in [0.4, 0.5) is 0 Å². The minimum absolute atomic E-state index is 0.252. The van der Waals surface area contributed by atoms with E-state index in [0.29, 0.717) is 11.7 Å². The van der Waals surface area contributed by atoms with Gasteiger partial charge in [0.25, 0.3) is 0 Å². The smallest absolute Gasteiger partial charge is 0.232 e. The van der Waals surface area contributed by atoms with Crippen LogP contribution in [0.15, 0.2) is 0 Å². The highest BCUT2D eigenvalue weighted by Gasteiger charge is 2.15. The third-order valence-electron chi connectivity index (χ3n) is 2.65. The third-order valence-corrected chi connectivity index (χ3v) is 3.63. The minimum atomic E-state index is 0.252. The Bertz CT molecular complexity index is 191. The molecule has 1 fully saturated rings. The number of nitrogens with two attached hydrogens (primary N) is 1. The van der Waals surface area contributed by atoms with Crippen molar-refractivity contribution in [3.63, 3.8) is 0 Å². The highest BCUT2D eigenvalue weighted by atomic mass is 32.2. The van der Waals surface area contributed by atoms with Gasteiger partial charge in [0.05, 0.1) is 5.75 Å². The first-order valence-electron chi connectivity index (χ1n) is 5.81. The summed E-state index contributed by atoms with van der Waals surface area (Å²) in [5.74, 6) is 1.94. The summed E-state index contributed by atoms with van der Waals surface area (Å²) in [5.41, 5.74) is 5.64. The summed E-state index contributed by atoms with van der Waals surface area (Å²) >= 11 is 1.71. The Morgan fingerprint density at radius 2 is 2.07 bits per heavy atom. The molecule has 1 atom stereocenters. The van der Waals surface area contributed by atoms with Gasteiger partial charge in [0.1, 0.15) is 0 Å². The van der Waals surface area contributed by atoms with Crippen LogP contribution in [0.25, 0.3) is 0 Å². The number of hydrogen-bond donors (Lipinski definition) is 1. The third kappa shape index (κ3) is 5.42. The fourth-order valence-corrected chi connectivity index (χ4v) is 2.70. The van der Waals surface area contributed by atoms with E-state index in [9.17, 15) is 4.79 Å². The van der Waals surface area contributed by atoms with Gasteiger partial charge in [-0.15, -0.1) is 0 Å². The van der Waals surface area contributed by atoms with Crippen LogP contribution in [-0.4, -0.2) is 41.4 Å². The lowest BCUT2D eigenvalue weighted by Crippen LogP contribution is -2.36. The lowest BCUT2D eigenvalue weighted by molar-refractivity contribution is -0.129. The molecule has 1 aliphatic heterocycles. The molecule has 0 saturated carbocycles. The van der Waals surface area contributed by atoms with Gasteiger partial charge in [0.15, 0.2) is 0 Å². The van der Waals surface area contributed by atoms with Gasteiger partial charge in [-0.3, -0.25) is 4.79 Å². The van der Waals surface area contributed by atoms with E-state index in [0.717, 1.165) is 25.3 Å². The second-order valence-corrected chi connectivity index (χ2v) is 5.37. The molecule has 1 heterocycles. The van der Waals surface area contributed by atoms with Gasteiger partial charge in [0, 0.05) is 19.1 Å². The van der Waals surface area contributed by atoms with E-state index in [1.165, 1.54) is 19.3 Å². The zero-order valence-electron chi connectivity index (χ0n) is 9.58. The first-order chi connectivity index (χ1) is 7.20. The summed E-state index contributed by atoms with van der Waals surface area (Å²) in [6.45, 7) is 3.94. The Morgan fingerprint density at radius 1 is 1.40 bits per heavy atom. The fourth-order valence-electron chi connectivity index (χ4n) is 1.66. The Kier molecular flexibility index (Phi) is 6.10. The maximum Gasteiger partial charge on any atom is 0.232 e. The highest BCUT2D eigenvalue weighted by Crippen LogP contribution is 2.11. The first-order valence-corrected chi connectivity index (χ1v) is 6.96. The molecule has 15 heavy (non-hydrogen) atoms. The van der Waals surface area contributed by atoms with Crippen LogP contribution in [0.5, 0.6) is 0 Å². The van der Waals surface area contributed by atoms with E-state index >= 15 is 0 Å². The number of likely N-dealkylation sites (tertiary alicyclic amines) is 1. The molecule has 0 aromatic heterocycles. The lowest BCUT2D eigenvalue weighted by atomic mass is 10.1. The van der Waals surface area contributed by atoms with Crippen molar-refractivity contribution < 1.29 is 4.79 Å². The second-order valence-electron chi connectivity index (χ2n) is 4.26. The van der Waals surface area contributed by atoms with E-state index in [2.05, 4.69) is 0 Å². The average Bonchev–Trinajstić information content (AvgIpc) is 2.25. The maximum absolute atomic E-state index is 11.7. The summed E-state index contributed by atoms with van der Waals surface area (Å²) in [7, 11) is 0. The number of nitrogens with zero attached hydrogens (tertiary/aromatic N) is 1. The van der Waals surface area contributed by atoms with Crippen LogP contribution in [0.1, 0.15) is 32.6 Å². The number of thioether (sulfide) groups is 1. The summed E-state index contributed by atoms with van der Waals surface area (Å²) in [5, 5.41) is 0. The van der Waals surface area contributed by atoms with Gasteiger partial charge in [-0.25, -0.2) is 0 Å². The molecule has 0 bridgehead atoms. The molecule has 0 aromatic rings. The number of rotatable bonds is 5. The molecule has 1 amide bonds. The highest BCUT2D eigenvalue weighted by molar-refractivity contribution is 7.99. The summed E-state index contributed by atoms with van der Waals surface area (Å²) in [6.07, 6.45) is 4.63. The van der Waals surface area contributed by atoms with Gasteiger partial charge in [-0.2, -0.15) is 11.8 Å². The predicted octanol–water partition coefficient (Wildman–Crippen LogP) is 1.47. The Hall–Kier alpha value is -0.220. The molecular weight excluding hydrogens is 208 g/mol. The molecule has 4 heteroatoms. The Balaban J connectivity index is 2.07. The molecule has 0 aromatic carbocycles. The Morgan fingerprint density at radius 3 is 2.67 bits per heavy atom. The fraction of sp³-hybridized carbons (Fsp3) is 0.909. The normalized spacial score (nSPS) is 18.9. The van der Waals surface area contributed by atoms with E-state index < -0.39 is 0 Å². The molecular formula is C11H22N2OS. The van der Waals surface area contributed by atoms with Crippen LogP contribution in [0, 0.1) is 0 Å². The van der Waals surface area contributed by atoms with Gasteiger partial charge in [-0.1, -0.05) is 0 Å². The maximum atomic E-state index is 11.7. The molecule has 0 aliphatic carbocycles. The SMILES string of the molecule is CC(N)CCSCC(=O)N1CCCCC1. The van der Waals surface area contributed by atoms with Crippen LogP contribution in [0.2, 0.25) is 0 Å². The van der Waals surface area contributed by atoms with E-state index in [4.69, 9.17) is 5.73 Å². The van der Waals surface area contributed by atoms with Crippen molar-refractivity contribution >= 4 is 17.7 Å². The van der Waals surface area contributed by atoms with Crippen LogP contribution >= 0.6 is 11.8 Å². The van der Waals surface area contributed by atoms with Gasteiger partial charge in [0.2, 0.25) is 5.91 Å². The number of carbonyl (C=O) groups is 1. The number of carbonyl (C=O) groups excluding carboxylic acids is 1. The lowest BCUT2D eigenvalue weighted by Gasteiger charge is -2.26. The second kappa shape index (κ2) is 7.12. The largest absolute Gasteiger partial charge is 0.342 e. The summed E-state index contributed by atoms with van der Waals surface area (Å²) in [6, 6.07) is 0.252. The molecule has 1 aliphatic rings. The number of piperidine rings is 1. The molecule has 0 spiro atoms. The zero-order valence-corrected chi connectivity index (χ0v) is 10.4. The molecule has 88 valence electrons. The predicted molar refractivity (Wildman–Crippen MR) is 66.0 cm³/mol. The molecule has 0 radical (unpaired) electrons. The van der Waals surface area contributed by atoms with Gasteiger partial charge >= 0.3 is 0 Å². The van der Waals surface area contributed by atoms with Gasteiger partial charge < -0.3 is 10.6 Å². The standard InChI is InChI=1S/C11H22N2OS/c1-10(12)5-8-15-9-11(14)13-6-3-2-4-7-13/h10H,2-9,12H2,1H3. The zero-order chi connectivity index (χ0) is 11.1. The monoisotopic (exact) mass is 230 g/mol. The van der Waals surface area contributed by atoms with Crippen molar-refractivity contribution in [2.24, 2.45) is 5.73 Å². The van der Waals surface area contributed by atoms with Crippen molar-refractivity contribution in [1.29, 1.82) is 0 Å². The van der Waals surface area contributed by atoms with Crippen molar-refractivity contribution in [2.45, 2.75) is 38.6 Å². The van der Waals surface area contributed by atoms with Crippen LogP contribution in [-0.2, 0) is 4.79 Å². The van der Waals surface area contributed by atoms with Crippen LogP contribution in [0.3, 0.4) is 0 Å². The van der Waals surface area contributed by atoms with E-state index in [1.807, 2.05) is 11.8 Å². The van der Waals surface area contributed by atoms with Crippen molar-refractivity contribution in [3.05, 3.63) is 0 Å². The number of amides is 1. The van der Waals surface area contributed by atoms with E-state index in [-0.39, 0.29) is 6.04 Å². The van der Waals surface area contributed by atoms with Crippen molar-refractivity contribution in [2.75, 3.05) is 24.6 Å². The topological polar surface area (TPSA) is 46.3 Å². The first kappa shape index (κ1) is 12.8. The summed E-state index contributed by atoms with van der Waals surface area (Å²) in [4.78, 5) is 13.7. The van der Waals surface area contributed by atoms with Gasteiger partial charge in [-0.05, 0) is 38.4 Å². The Labute approximate surface area is 96.8 Å². The average molecular weight is 230 g/mol. The quantitative estimate of drug-likeness (QED) is 0.728. The van der Waals surface area contributed by atoms with E-state index in [1.54, 1.807) is 11.8 Å². The molecule has 1 rings (SSSR count). The molecule has 1 saturated heterocycles. The summed E-state index contributed by atoms with van der Waals surface area (Å²) < 4.78 is 0. The van der Waals surface area contributed by atoms with Crippen molar-refractivity contribution in [3.8, 4) is 0 Å². The molecule has 1 unspecified atom stereocenters. The molecule has 3 nitrogen and oxygen atoms in total. The molecule has 2 N–H and O–H groups in total. The van der Waals surface area contributed by atoms with Crippen LogP contribution < -0.4 is 5.73 Å². The van der Waals surface area contributed by atoms with Crippen molar-refractivity contribution in [1.82, 2.24) is 4.90 Å².